The van der Waals surface area contributed by atoms with E-state index in [0.29, 0.717) is 28.7 Å². The summed E-state index contributed by atoms with van der Waals surface area (Å²) in [4.78, 5) is 8.23. The van der Waals surface area contributed by atoms with E-state index >= 15 is 8.78 Å². The van der Waals surface area contributed by atoms with Gasteiger partial charge in [-0.1, -0.05) is 0 Å². The van der Waals surface area contributed by atoms with E-state index in [2.05, 4.69) is 25.4 Å². The zero-order valence-corrected chi connectivity index (χ0v) is 16.0. The van der Waals surface area contributed by atoms with E-state index in [1.807, 2.05) is 0 Å². The molecule has 2 heterocycles. The van der Waals surface area contributed by atoms with Gasteiger partial charge < -0.3 is 5.11 Å². The first-order valence-corrected chi connectivity index (χ1v) is 9.06. The van der Waals surface area contributed by atoms with Crippen molar-refractivity contribution in [2.75, 3.05) is 0 Å². The number of aromatic nitrogens is 6. The highest BCUT2D eigenvalue weighted by atomic mass is 19.3. The SMILES string of the molecule is OC(Cn1ncnn1)(c1ccc(F)cc1F)C(F)(F)c1cnc(-c2ccc(F)cc2)cn1. The Morgan fingerprint density at radius 2 is 1.62 bits per heavy atom. The number of rotatable bonds is 6. The number of hydrogen-bond acceptors (Lipinski definition) is 6. The van der Waals surface area contributed by atoms with Gasteiger partial charge in [-0.3, -0.25) is 9.97 Å². The quantitative estimate of drug-likeness (QED) is 0.456. The Morgan fingerprint density at radius 1 is 0.906 bits per heavy atom. The normalized spacial score (nSPS) is 13.7. The number of halogens is 5. The van der Waals surface area contributed by atoms with Crippen LogP contribution in [0, 0.1) is 17.5 Å². The van der Waals surface area contributed by atoms with Gasteiger partial charge >= 0.3 is 5.92 Å². The van der Waals surface area contributed by atoms with Crippen molar-refractivity contribution in [2.24, 2.45) is 0 Å². The van der Waals surface area contributed by atoms with Gasteiger partial charge in [-0.2, -0.15) is 13.6 Å². The molecule has 7 nitrogen and oxygen atoms in total. The van der Waals surface area contributed by atoms with Crippen LogP contribution in [-0.4, -0.2) is 35.3 Å². The molecule has 0 aliphatic carbocycles. The third-order valence-electron chi connectivity index (χ3n) is 4.77. The maximum Gasteiger partial charge on any atom is 0.325 e. The van der Waals surface area contributed by atoms with Gasteiger partial charge in [0.15, 0.2) is 11.9 Å². The molecule has 12 heteroatoms. The number of tetrazole rings is 1. The Kier molecular flexibility index (Phi) is 5.38. The molecule has 0 saturated carbocycles. The van der Waals surface area contributed by atoms with Crippen molar-refractivity contribution in [2.45, 2.75) is 18.1 Å². The molecule has 2 aromatic carbocycles. The van der Waals surface area contributed by atoms with E-state index in [1.165, 1.54) is 24.3 Å². The molecule has 0 spiro atoms. The van der Waals surface area contributed by atoms with Crippen molar-refractivity contribution < 1.29 is 27.1 Å². The fourth-order valence-corrected chi connectivity index (χ4v) is 3.12. The minimum atomic E-state index is -4.23. The topological polar surface area (TPSA) is 89.6 Å². The Bertz CT molecular complexity index is 1220. The lowest BCUT2D eigenvalue weighted by Gasteiger charge is -2.35. The van der Waals surface area contributed by atoms with Gasteiger partial charge in [0, 0.05) is 17.2 Å². The minimum absolute atomic E-state index is 0.166. The van der Waals surface area contributed by atoms with Crippen LogP contribution in [0.15, 0.2) is 61.2 Å². The van der Waals surface area contributed by atoms with Crippen molar-refractivity contribution in [1.82, 2.24) is 30.2 Å². The molecule has 1 N–H and O–H groups in total. The molecule has 0 radical (unpaired) electrons. The van der Waals surface area contributed by atoms with Crippen molar-refractivity contribution in [3.05, 3.63) is 89.9 Å². The van der Waals surface area contributed by atoms with Crippen LogP contribution in [0.5, 0.6) is 0 Å². The molecular formula is C20H13F5N6O. The molecule has 0 aliphatic heterocycles. The lowest BCUT2D eigenvalue weighted by atomic mass is 9.85. The minimum Gasteiger partial charge on any atom is -0.377 e. The van der Waals surface area contributed by atoms with E-state index in [4.69, 9.17) is 0 Å². The standard InChI is InChI=1S/C20H13F5N6O/c21-13-3-1-12(2-4-13)17-8-27-18(9-26-17)20(24,25)19(32,10-31-29-11-28-30-31)15-6-5-14(22)7-16(15)23/h1-9,11,32H,10H2. The van der Waals surface area contributed by atoms with Gasteiger partial charge in [-0.25, -0.2) is 13.2 Å². The lowest BCUT2D eigenvalue weighted by molar-refractivity contribution is -0.209. The highest BCUT2D eigenvalue weighted by Crippen LogP contribution is 2.46. The van der Waals surface area contributed by atoms with Crippen LogP contribution >= 0.6 is 0 Å². The largest absolute Gasteiger partial charge is 0.377 e. The van der Waals surface area contributed by atoms with Gasteiger partial charge in [-0.05, 0) is 41.6 Å². The monoisotopic (exact) mass is 448 g/mol. The summed E-state index contributed by atoms with van der Waals surface area (Å²) in [5.41, 5.74) is -4.59. The number of nitrogens with zero attached hydrogens (tertiary/aromatic N) is 6. The highest BCUT2D eigenvalue weighted by Gasteiger charge is 2.58. The molecule has 1 atom stereocenters. The molecule has 0 amide bonds. The summed E-state index contributed by atoms with van der Waals surface area (Å²) in [6.45, 7) is -1.02. The molecule has 0 aliphatic rings. The third-order valence-corrected chi connectivity index (χ3v) is 4.77. The smallest absolute Gasteiger partial charge is 0.325 e. The Balaban J connectivity index is 1.78. The zero-order valence-electron chi connectivity index (χ0n) is 16.0. The van der Waals surface area contributed by atoms with Crippen molar-refractivity contribution >= 4 is 0 Å². The first kappa shape index (κ1) is 21.4. The van der Waals surface area contributed by atoms with E-state index < -0.39 is 46.8 Å². The molecule has 4 aromatic rings. The van der Waals surface area contributed by atoms with Crippen LogP contribution < -0.4 is 0 Å². The molecular weight excluding hydrogens is 435 g/mol. The zero-order chi connectivity index (χ0) is 22.9. The second kappa shape index (κ2) is 8.04. The van der Waals surface area contributed by atoms with Crippen LogP contribution in [0.25, 0.3) is 11.3 Å². The van der Waals surface area contributed by atoms with Crippen LogP contribution in [0.1, 0.15) is 11.3 Å². The van der Waals surface area contributed by atoms with Crippen molar-refractivity contribution in [3.63, 3.8) is 0 Å². The molecule has 0 saturated heterocycles. The van der Waals surface area contributed by atoms with Gasteiger partial charge in [0.2, 0.25) is 0 Å². The number of aliphatic hydroxyl groups is 1. The maximum atomic E-state index is 15.6. The predicted octanol–water partition coefficient (Wildman–Crippen LogP) is 3.23. The van der Waals surface area contributed by atoms with E-state index in [0.717, 1.165) is 18.6 Å². The van der Waals surface area contributed by atoms with Crippen molar-refractivity contribution in [3.8, 4) is 11.3 Å². The van der Waals surface area contributed by atoms with E-state index in [-0.39, 0.29) is 5.69 Å². The molecule has 32 heavy (non-hydrogen) atoms. The summed E-state index contributed by atoms with van der Waals surface area (Å²) >= 11 is 0. The second-order valence-electron chi connectivity index (χ2n) is 6.82. The predicted molar refractivity (Wildman–Crippen MR) is 99.4 cm³/mol. The van der Waals surface area contributed by atoms with Gasteiger partial charge in [0.25, 0.3) is 0 Å². The molecule has 4 rings (SSSR count). The fourth-order valence-electron chi connectivity index (χ4n) is 3.12. The highest BCUT2D eigenvalue weighted by molar-refractivity contribution is 5.57. The number of alkyl halides is 2. The molecule has 2 aromatic heterocycles. The van der Waals surface area contributed by atoms with Crippen molar-refractivity contribution in [1.29, 1.82) is 0 Å². The molecule has 0 fully saturated rings. The first-order valence-electron chi connectivity index (χ1n) is 9.06. The van der Waals surface area contributed by atoms with Gasteiger partial charge in [0.05, 0.1) is 18.1 Å². The summed E-state index contributed by atoms with van der Waals surface area (Å²) in [5.74, 6) is -7.13. The summed E-state index contributed by atoms with van der Waals surface area (Å²) in [6, 6.07) is 6.92. The molecule has 164 valence electrons. The summed E-state index contributed by atoms with van der Waals surface area (Å²) in [5, 5.41) is 21.5. The summed E-state index contributed by atoms with van der Waals surface area (Å²) < 4.78 is 72.1. The first-order chi connectivity index (χ1) is 15.2. The van der Waals surface area contributed by atoms with E-state index in [9.17, 15) is 18.3 Å². The number of benzene rings is 2. The Morgan fingerprint density at radius 3 is 2.22 bits per heavy atom. The average Bonchev–Trinajstić information content (AvgIpc) is 3.27. The average molecular weight is 448 g/mol. The van der Waals surface area contributed by atoms with Gasteiger partial charge in [0.1, 0.15) is 29.7 Å². The summed E-state index contributed by atoms with van der Waals surface area (Å²) in [7, 11) is 0. The fraction of sp³-hybridized carbons (Fsp3) is 0.150. The van der Waals surface area contributed by atoms with Crippen LogP contribution in [0.3, 0.4) is 0 Å². The molecule has 0 bridgehead atoms. The van der Waals surface area contributed by atoms with E-state index in [1.54, 1.807) is 0 Å². The second-order valence-corrected chi connectivity index (χ2v) is 6.82. The third kappa shape index (κ3) is 3.80. The maximum absolute atomic E-state index is 15.6. The Labute approximate surface area is 177 Å². The van der Waals surface area contributed by atoms with Gasteiger partial charge in [-0.15, -0.1) is 10.2 Å². The van der Waals surface area contributed by atoms with Crippen LogP contribution in [-0.2, 0) is 18.1 Å². The summed E-state index contributed by atoms with van der Waals surface area (Å²) in [6.07, 6.45) is 2.66. The van der Waals surface area contributed by atoms with Crippen LogP contribution in [0.4, 0.5) is 22.0 Å². The Hall–Kier alpha value is -3.80. The van der Waals surface area contributed by atoms with Crippen LogP contribution in [0.2, 0.25) is 0 Å². The lowest BCUT2D eigenvalue weighted by Crippen LogP contribution is -2.48. The number of hydrogen-bond donors (Lipinski definition) is 1. The molecule has 1 unspecified atom stereocenters.